The lowest BCUT2D eigenvalue weighted by Gasteiger charge is -2.24. The van der Waals surface area contributed by atoms with Gasteiger partial charge in [-0.25, -0.2) is 9.97 Å². The highest BCUT2D eigenvalue weighted by Crippen LogP contribution is 2.24. The molecule has 5 nitrogen and oxygen atoms in total. The molecule has 2 heterocycles. The molecule has 3 rings (SSSR count). The van der Waals surface area contributed by atoms with Gasteiger partial charge in [-0.2, -0.15) is 0 Å². The molecule has 5 heteroatoms. The lowest BCUT2D eigenvalue weighted by Crippen LogP contribution is -2.32. The number of aromatic nitrogens is 2. The number of aryl methyl sites for hydroxylation is 1. The zero-order chi connectivity index (χ0) is 17.6. The number of hydrogen-bond donors (Lipinski definition) is 0. The van der Waals surface area contributed by atoms with Crippen molar-refractivity contribution < 1.29 is 4.79 Å². The summed E-state index contributed by atoms with van der Waals surface area (Å²) in [5.41, 5.74) is 2.76. The van der Waals surface area contributed by atoms with Crippen molar-refractivity contribution >= 4 is 17.4 Å². The zero-order valence-electron chi connectivity index (χ0n) is 15.1. The SMILES string of the molecule is CCN(c1cccc(C)c1)c1cc(C(=O)N2CCCCCC2)ncn1. The van der Waals surface area contributed by atoms with Gasteiger partial charge in [-0.15, -0.1) is 0 Å². The number of anilines is 2. The maximum absolute atomic E-state index is 12.8. The first-order chi connectivity index (χ1) is 12.2. The van der Waals surface area contributed by atoms with Crippen LogP contribution in [0, 0.1) is 6.92 Å². The van der Waals surface area contributed by atoms with Gasteiger partial charge in [-0.05, 0) is 44.4 Å². The maximum atomic E-state index is 12.8. The normalized spacial score (nSPS) is 14.9. The number of hydrogen-bond acceptors (Lipinski definition) is 4. The predicted molar refractivity (Wildman–Crippen MR) is 100 cm³/mol. The van der Waals surface area contributed by atoms with Crippen LogP contribution < -0.4 is 4.90 Å². The van der Waals surface area contributed by atoms with E-state index in [1.54, 1.807) is 0 Å². The third-order valence-corrected chi connectivity index (χ3v) is 4.67. The first kappa shape index (κ1) is 17.4. The van der Waals surface area contributed by atoms with E-state index in [2.05, 4.69) is 46.9 Å². The van der Waals surface area contributed by atoms with E-state index in [1.165, 1.54) is 24.7 Å². The second kappa shape index (κ2) is 8.10. The maximum Gasteiger partial charge on any atom is 0.272 e. The van der Waals surface area contributed by atoms with Crippen molar-refractivity contribution in [2.75, 3.05) is 24.5 Å². The Morgan fingerprint density at radius 1 is 1.12 bits per heavy atom. The topological polar surface area (TPSA) is 49.3 Å². The largest absolute Gasteiger partial charge is 0.337 e. The van der Waals surface area contributed by atoms with Crippen LogP contribution in [0.3, 0.4) is 0 Å². The van der Waals surface area contributed by atoms with Crippen molar-refractivity contribution in [3.05, 3.63) is 47.9 Å². The Bertz CT molecular complexity index is 723. The molecule has 0 unspecified atom stereocenters. The third-order valence-electron chi connectivity index (χ3n) is 4.67. The Labute approximate surface area is 149 Å². The predicted octanol–water partition coefficient (Wildman–Crippen LogP) is 3.96. The zero-order valence-corrected chi connectivity index (χ0v) is 15.1. The van der Waals surface area contributed by atoms with Crippen LogP contribution in [0.4, 0.5) is 11.5 Å². The van der Waals surface area contributed by atoms with Crippen LogP contribution >= 0.6 is 0 Å². The molecule has 0 radical (unpaired) electrons. The highest BCUT2D eigenvalue weighted by molar-refractivity contribution is 5.93. The lowest BCUT2D eigenvalue weighted by molar-refractivity contribution is 0.0755. The van der Waals surface area contributed by atoms with Crippen molar-refractivity contribution in [1.82, 2.24) is 14.9 Å². The van der Waals surface area contributed by atoms with Crippen molar-refractivity contribution in [2.24, 2.45) is 0 Å². The Balaban J connectivity index is 1.85. The van der Waals surface area contributed by atoms with E-state index in [1.807, 2.05) is 17.0 Å². The van der Waals surface area contributed by atoms with Crippen LogP contribution in [0.1, 0.15) is 48.7 Å². The van der Waals surface area contributed by atoms with E-state index in [9.17, 15) is 4.79 Å². The molecule has 0 atom stereocenters. The van der Waals surface area contributed by atoms with Crippen LogP contribution in [0.2, 0.25) is 0 Å². The molecule has 1 aliphatic rings. The molecule has 1 aromatic heterocycles. The van der Waals surface area contributed by atoms with Gasteiger partial charge in [0.25, 0.3) is 5.91 Å². The second-order valence-corrected chi connectivity index (χ2v) is 6.55. The molecule has 0 saturated carbocycles. The van der Waals surface area contributed by atoms with E-state index >= 15 is 0 Å². The molecule has 2 aromatic rings. The van der Waals surface area contributed by atoms with Crippen LogP contribution in [0.5, 0.6) is 0 Å². The fourth-order valence-corrected chi connectivity index (χ4v) is 3.32. The van der Waals surface area contributed by atoms with Gasteiger partial charge in [-0.1, -0.05) is 25.0 Å². The van der Waals surface area contributed by atoms with Gasteiger partial charge in [0, 0.05) is 31.4 Å². The summed E-state index contributed by atoms with van der Waals surface area (Å²) in [6.07, 6.45) is 6.06. The standard InChI is InChI=1S/C20H26N4O/c1-3-24(17-10-8-9-16(2)13-17)19-14-18(21-15-22-19)20(25)23-11-6-4-5-7-12-23/h8-10,13-15H,3-7,11-12H2,1-2H3. The second-order valence-electron chi connectivity index (χ2n) is 6.55. The molecule has 132 valence electrons. The number of benzene rings is 1. The van der Waals surface area contributed by atoms with Crippen LogP contribution in [-0.4, -0.2) is 40.4 Å². The quantitative estimate of drug-likeness (QED) is 0.847. The summed E-state index contributed by atoms with van der Waals surface area (Å²) in [7, 11) is 0. The molecule has 0 bridgehead atoms. The van der Waals surface area contributed by atoms with Crippen molar-refractivity contribution in [3.63, 3.8) is 0 Å². The van der Waals surface area contributed by atoms with E-state index in [-0.39, 0.29) is 5.91 Å². The minimum Gasteiger partial charge on any atom is -0.337 e. The summed E-state index contributed by atoms with van der Waals surface area (Å²) in [6.45, 7) is 6.59. The first-order valence-electron chi connectivity index (χ1n) is 9.14. The Morgan fingerprint density at radius 3 is 2.56 bits per heavy atom. The fraction of sp³-hybridized carbons (Fsp3) is 0.450. The van der Waals surface area contributed by atoms with Gasteiger partial charge in [0.2, 0.25) is 0 Å². The van der Waals surface area contributed by atoms with Crippen molar-refractivity contribution in [3.8, 4) is 0 Å². The molecule has 25 heavy (non-hydrogen) atoms. The molecular formula is C20H26N4O. The van der Waals surface area contributed by atoms with Crippen LogP contribution in [0.25, 0.3) is 0 Å². The lowest BCUT2D eigenvalue weighted by atomic mass is 10.2. The Morgan fingerprint density at radius 2 is 1.88 bits per heavy atom. The Kier molecular flexibility index (Phi) is 5.64. The minimum atomic E-state index is 0.0193. The highest BCUT2D eigenvalue weighted by atomic mass is 16.2. The van der Waals surface area contributed by atoms with Gasteiger partial charge in [0.05, 0.1) is 0 Å². The number of nitrogens with zero attached hydrogens (tertiary/aromatic N) is 4. The smallest absolute Gasteiger partial charge is 0.272 e. The number of rotatable bonds is 4. The number of amides is 1. The summed E-state index contributed by atoms with van der Waals surface area (Å²) in [5, 5.41) is 0. The molecule has 1 saturated heterocycles. The molecule has 0 spiro atoms. The minimum absolute atomic E-state index is 0.0193. The fourth-order valence-electron chi connectivity index (χ4n) is 3.32. The van der Waals surface area contributed by atoms with Crippen LogP contribution in [-0.2, 0) is 0 Å². The van der Waals surface area contributed by atoms with Crippen molar-refractivity contribution in [2.45, 2.75) is 39.5 Å². The molecule has 0 aliphatic carbocycles. The number of likely N-dealkylation sites (tertiary alicyclic amines) is 1. The summed E-state index contributed by atoms with van der Waals surface area (Å²) in [6, 6.07) is 10.1. The van der Waals surface area contributed by atoms with Crippen molar-refractivity contribution in [1.29, 1.82) is 0 Å². The van der Waals surface area contributed by atoms with Gasteiger partial charge in [0.1, 0.15) is 17.8 Å². The molecule has 1 amide bonds. The summed E-state index contributed by atoms with van der Waals surface area (Å²) >= 11 is 0. The summed E-state index contributed by atoms with van der Waals surface area (Å²) < 4.78 is 0. The molecule has 1 aliphatic heterocycles. The van der Waals surface area contributed by atoms with Gasteiger partial charge >= 0.3 is 0 Å². The number of carbonyl (C=O) groups is 1. The molecule has 1 fully saturated rings. The molecule has 0 N–H and O–H groups in total. The average Bonchev–Trinajstić information content (AvgIpc) is 2.91. The first-order valence-corrected chi connectivity index (χ1v) is 9.14. The van der Waals surface area contributed by atoms with Crippen LogP contribution in [0.15, 0.2) is 36.7 Å². The van der Waals surface area contributed by atoms with E-state index in [4.69, 9.17) is 0 Å². The van der Waals surface area contributed by atoms with E-state index in [0.29, 0.717) is 5.69 Å². The Hall–Kier alpha value is -2.43. The van der Waals surface area contributed by atoms with E-state index in [0.717, 1.165) is 44.0 Å². The number of carbonyl (C=O) groups excluding carboxylic acids is 1. The summed E-state index contributed by atoms with van der Waals surface area (Å²) in [4.78, 5) is 25.5. The molecular weight excluding hydrogens is 312 g/mol. The van der Waals surface area contributed by atoms with Gasteiger partial charge in [-0.3, -0.25) is 4.79 Å². The van der Waals surface area contributed by atoms with Gasteiger partial charge in [0.15, 0.2) is 0 Å². The third kappa shape index (κ3) is 4.16. The summed E-state index contributed by atoms with van der Waals surface area (Å²) in [5.74, 6) is 0.784. The molecule has 1 aromatic carbocycles. The average molecular weight is 338 g/mol. The van der Waals surface area contributed by atoms with E-state index < -0.39 is 0 Å². The monoisotopic (exact) mass is 338 g/mol. The highest BCUT2D eigenvalue weighted by Gasteiger charge is 2.20. The van der Waals surface area contributed by atoms with Gasteiger partial charge < -0.3 is 9.80 Å².